The molecule has 132 heavy (non-hydrogen) atoms. The monoisotopic (exact) mass is 1940 g/mol. The molecular formula is C121H266O8P3-3. The van der Waals surface area contributed by atoms with E-state index in [-0.39, 0.29) is 37.7 Å². The van der Waals surface area contributed by atoms with Crippen molar-refractivity contribution in [2.45, 2.75) is 736 Å². The summed E-state index contributed by atoms with van der Waals surface area (Å²) in [5.74, 6) is 0. The van der Waals surface area contributed by atoms with Crippen LogP contribution in [0.15, 0.2) is 0 Å². The molecule has 0 aliphatic rings. The Morgan fingerprint density at radius 3 is 0.318 bits per heavy atom. The summed E-state index contributed by atoms with van der Waals surface area (Å²) >= 11 is 0. The van der Waals surface area contributed by atoms with Gasteiger partial charge in [-0.15, -0.1) is 0 Å². The summed E-state index contributed by atoms with van der Waals surface area (Å²) in [6, 6.07) is 0. The van der Waals surface area contributed by atoms with Crippen LogP contribution in [0.5, 0.6) is 0 Å². The van der Waals surface area contributed by atoms with Crippen molar-refractivity contribution in [3.63, 3.8) is 0 Å². The van der Waals surface area contributed by atoms with Gasteiger partial charge in [-0.05, 0) is 32.1 Å². The molecule has 0 spiro atoms. The average molecular weight is 1940 g/mol. The van der Waals surface area contributed by atoms with Crippen molar-refractivity contribution in [2.75, 3.05) is 33.0 Å². The minimum atomic E-state index is -2.72. The first-order valence-corrected chi connectivity index (χ1v) is 64.1. The minimum absolute atomic E-state index is 0. The second kappa shape index (κ2) is 134. The molecule has 0 heterocycles. The highest BCUT2D eigenvalue weighted by Crippen LogP contribution is 2.59. The van der Waals surface area contributed by atoms with Crippen molar-refractivity contribution in [1.82, 2.24) is 0 Å². The Morgan fingerprint density at radius 2 is 0.242 bits per heavy atom. The molecular weight excluding hydrogens is 1670 g/mol. The largest absolute Gasteiger partial charge is 0.396 e. The maximum atomic E-state index is 12.3. The Labute approximate surface area is 843 Å². The molecule has 0 rings (SSSR count). The molecule has 0 fully saturated rings. The van der Waals surface area contributed by atoms with Crippen LogP contribution in [0.4, 0.5) is 0 Å². The van der Waals surface area contributed by atoms with Crippen LogP contribution in [0, 0.1) is 20.0 Å². The fourth-order valence-corrected chi connectivity index (χ4v) is 17.6. The smallest absolute Gasteiger partial charge is 0.0704 e. The normalized spacial score (nSPS) is 12.4. The molecule has 8 nitrogen and oxygen atoms in total. The first-order chi connectivity index (χ1) is 62.2. The first-order valence-electron chi connectivity index (χ1n) is 58.7. The van der Waals surface area contributed by atoms with Gasteiger partial charge in [0, 0.05) is 28.7 Å². The Bertz CT molecular complexity index is 1990. The number of rotatable bonds is 90. The highest BCUT2D eigenvalue weighted by molar-refractivity contribution is 7.62. The molecule has 0 radical (unpaired) electrons. The van der Waals surface area contributed by atoms with Crippen molar-refractivity contribution in [2.24, 2.45) is 0 Å². The first kappa shape index (κ1) is 158. The van der Waals surface area contributed by atoms with Crippen LogP contribution >= 0.6 is 22.1 Å². The number of hydrogen-bond acceptors (Lipinski definition) is 8. The Balaban J connectivity index is -0.000000130. The SMILES string of the molecule is C.C.C.CC.CC.CC.CCCCCCCCCCCCCCCCCCC.CCCCCCCCCCCCCCCCO.CCCCCCCCCCCCCCO.[CH2-]P(=O)(OCCCCCCCCCCCCCC)C(C)(C)C.[CH2-]P(=O)(OCCCCCCCCCCCCCCCC)C(C)(C)C.[CH2-]P(=O)(OCCCCCCCCCCCCCCCCCC)C(C)(C)C. The van der Waals surface area contributed by atoms with E-state index < -0.39 is 22.1 Å². The molecule has 0 amide bonds. The number of hydrogen-bond donors (Lipinski definition) is 2. The predicted octanol–water partition coefficient (Wildman–Crippen LogP) is 47.8. The summed E-state index contributed by atoms with van der Waals surface area (Å²) in [6.07, 6.45) is 117. The number of unbranched alkanes of at least 4 members (excludes halogenated alkanes) is 79. The zero-order valence-electron chi connectivity index (χ0n) is 93.9. The summed E-state index contributed by atoms with van der Waals surface area (Å²) in [6.45, 7) is 59.3. The molecule has 0 aromatic heterocycles. The third-order valence-electron chi connectivity index (χ3n) is 25.2. The maximum absolute atomic E-state index is 12.3. The molecule has 3 unspecified atom stereocenters. The van der Waals surface area contributed by atoms with E-state index in [0.717, 1.165) is 32.1 Å². The molecule has 0 saturated heterocycles. The van der Waals surface area contributed by atoms with Gasteiger partial charge in [0.15, 0.2) is 0 Å². The summed E-state index contributed by atoms with van der Waals surface area (Å²) in [5, 5.41) is 16.2. The maximum Gasteiger partial charge on any atom is 0.0704 e. The summed E-state index contributed by atoms with van der Waals surface area (Å²) in [5.41, 5.74) is 0. The van der Waals surface area contributed by atoms with Gasteiger partial charge in [-0.3, -0.25) is 20.0 Å². The van der Waals surface area contributed by atoms with Crippen LogP contribution < -0.4 is 0 Å². The number of aliphatic hydroxyl groups is 2. The fourth-order valence-electron chi connectivity index (χ4n) is 15.2. The lowest BCUT2D eigenvalue weighted by Crippen LogP contribution is -2.15. The van der Waals surface area contributed by atoms with Crippen LogP contribution in [0.2, 0.25) is 0 Å². The van der Waals surface area contributed by atoms with Gasteiger partial charge in [-0.2, -0.15) is 0 Å². The van der Waals surface area contributed by atoms with E-state index in [4.69, 9.17) is 23.8 Å². The van der Waals surface area contributed by atoms with Crippen molar-refractivity contribution in [3.8, 4) is 0 Å². The highest BCUT2D eigenvalue weighted by atomic mass is 31.2. The molecule has 0 saturated carbocycles. The Kier molecular flexibility index (Phi) is 160. The quantitative estimate of drug-likeness (QED) is 0.0351. The van der Waals surface area contributed by atoms with Crippen LogP contribution in [0.3, 0.4) is 0 Å². The van der Waals surface area contributed by atoms with Crippen molar-refractivity contribution >= 4 is 22.1 Å². The van der Waals surface area contributed by atoms with Crippen molar-refractivity contribution < 1.29 is 37.5 Å². The Morgan fingerprint density at radius 1 is 0.167 bits per heavy atom. The van der Waals surface area contributed by atoms with Gasteiger partial charge in [0.25, 0.3) is 0 Å². The lowest BCUT2D eigenvalue weighted by molar-refractivity contribution is 0.282. The fraction of sp³-hybridized carbons (Fsp3) is 0.975. The second-order valence-electron chi connectivity index (χ2n) is 41.1. The molecule has 0 bridgehead atoms. The van der Waals surface area contributed by atoms with Crippen LogP contribution in [-0.4, -0.2) is 58.7 Å². The minimum Gasteiger partial charge on any atom is -0.396 e. The zero-order chi connectivity index (χ0) is 98.8. The van der Waals surface area contributed by atoms with Gasteiger partial charge in [0.2, 0.25) is 0 Å². The van der Waals surface area contributed by atoms with Gasteiger partial charge in [0.1, 0.15) is 0 Å². The average Bonchev–Trinajstić information content (AvgIpc) is 0.859. The van der Waals surface area contributed by atoms with E-state index in [2.05, 4.69) is 68.5 Å². The van der Waals surface area contributed by atoms with Gasteiger partial charge >= 0.3 is 0 Å². The number of aliphatic hydroxyl groups excluding tert-OH is 2. The van der Waals surface area contributed by atoms with E-state index in [1.54, 1.807) is 0 Å². The van der Waals surface area contributed by atoms with Crippen LogP contribution in [0.1, 0.15) is 720 Å². The third-order valence-corrected chi connectivity index (χ3v) is 33.1. The molecule has 816 valence electrons. The van der Waals surface area contributed by atoms with E-state index in [1.807, 2.05) is 104 Å². The molecule has 0 aliphatic heterocycles. The predicted molar refractivity (Wildman–Crippen MR) is 617 cm³/mol. The highest BCUT2D eigenvalue weighted by Gasteiger charge is 2.28. The zero-order valence-corrected chi connectivity index (χ0v) is 96.6. The summed E-state index contributed by atoms with van der Waals surface area (Å²) in [7, 11) is -8.14. The van der Waals surface area contributed by atoms with Crippen molar-refractivity contribution in [1.29, 1.82) is 0 Å². The van der Waals surface area contributed by atoms with Gasteiger partial charge in [0.05, 0.1) is 41.9 Å². The van der Waals surface area contributed by atoms with Crippen LogP contribution in [-0.2, 0) is 27.3 Å². The van der Waals surface area contributed by atoms with Gasteiger partial charge < -0.3 is 37.5 Å². The summed E-state index contributed by atoms with van der Waals surface area (Å²) in [4.78, 5) is 0. The standard InChI is InChI=1S/C23H48O2P.C21H44O2P.C19H40O2P.C19H40.C16H34O.C14H30O.3C2H6.3CH4/c1-6-7-8-9-10-11-12-13-14-15-16-17-18-19-20-21-22-25-26(5,24)23(2,3)4;1-6-7-8-9-10-11-12-13-14-15-16-17-18-19-20-23-24(5,22)21(2,3)4;1-6-7-8-9-10-11-12-13-14-15-16-17-18-21-22(5,20)19(2,3)4;1-3-5-7-9-11-13-15-17-19-18-16-14-12-10-8-6-4-2;1-2-3-4-5-6-7-8-9-10-11-12-13-14-15-16-17;1-2-3-4-5-6-7-8-9-10-11-12-13-14-15;3*1-2;;;/h5-22H2,1-4H3;5-20H2,1-4H3;5-18H2,1-4H3;3-19H2,1-2H3;17H,2-16H2,1H3;15H,2-14H2,1H3;3*1-2H3;3*1H4/q3*-1;;;;;;;;;. The second-order valence-corrected chi connectivity index (χ2v) is 49.9. The molecule has 0 aromatic rings. The van der Waals surface area contributed by atoms with E-state index in [0.29, 0.717) is 33.0 Å². The molecule has 0 aromatic carbocycles. The lowest BCUT2D eigenvalue weighted by Gasteiger charge is -2.33. The molecule has 2 N–H and O–H groups in total. The van der Waals surface area contributed by atoms with Gasteiger partial charge in [-0.1, -0.05) is 688 Å². The molecule has 0 aliphatic carbocycles. The van der Waals surface area contributed by atoms with Crippen molar-refractivity contribution in [3.05, 3.63) is 20.0 Å². The van der Waals surface area contributed by atoms with Crippen LogP contribution in [0.25, 0.3) is 0 Å². The summed E-state index contributed by atoms with van der Waals surface area (Å²) < 4.78 is 53.3. The molecule has 11 heteroatoms. The van der Waals surface area contributed by atoms with E-state index >= 15 is 0 Å². The Hall–Kier alpha value is 0.490. The topological polar surface area (TPSA) is 119 Å². The third kappa shape index (κ3) is 143. The lowest BCUT2D eigenvalue weighted by atomic mass is 10.0. The molecule has 3 atom stereocenters. The van der Waals surface area contributed by atoms with E-state index in [1.165, 1.54) is 514 Å². The van der Waals surface area contributed by atoms with E-state index in [9.17, 15) is 13.7 Å². The van der Waals surface area contributed by atoms with Gasteiger partial charge in [-0.25, -0.2) is 0 Å².